The van der Waals surface area contributed by atoms with E-state index < -0.39 is 5.41 Å². The van der Waals surface area contributed by atoms with Crippen molar-refractivity contribution in [3.8, 4) is 0 Å². The van der Waals surface area contributed by atoms with E-state index >= 15 is 0 Å². The quantitative estimate of drug-likeness (QED) is 0.825. The highest BCUT2D eigenvalue weighted by Gasteiger charge is 2.42. The summed E-state index contributed by atoms with van der Waals surface area (Å²) in [5.74, 6) is 1.24. The molecule has 0 unspecified atom stereocenters. The lowest BCUT2D eigenvalue weighted by atomic mass is 9.75. The number of nitrogens with one attached hydrogen (secondary N) is 2. The summed E-state index contributed by atoms with van der Waals surface area (Å²) in [5.41, 5.74) is 0.295. The Morgan fingerprint density at radius 1 is 1.52 bits per heavy atom. The molecule has 2 aliphatic heterocycles. The van der Waals surface area contributed by atoms with E-state index in [1.54, 1.807) is 0 Å². The van der Waals surface area contributed by atoms with Crippen molar-refractivity contribution < 1.29 is 14.1 Å². The number of aromatic nitrogens is 1. The van der Waals surface area contributed by atoms with E-state index in [4.69, 9.17) is 9.26 Å². The van der Waals surface area contributed by atoms with Crippen LogP contribution in [0.15, 0.2) is 10.6 Å². The average molecular weight is 349 g/mol. The maximum atomic E-state index is 13.1. The van der Waals surface area contributed by atoms with Gasteiger partial charge in [0.15, 0.2) is 0 Å². The molecule has 1 aromatic heterocycles. The predicted molar refractivity (Wildman–Crippen MR) is 95.4 cm³/mol. The van der Waals surface area contributed by atoms with E-state index in [-0.39, 0.29) is 11.4 Å². The van der Waals surface area contributed by atoms with Crippen LogP contribution in [0, 0.1) is 5.41 Å². The molecule has 6 nitrogen and oxygen atoms in total. The van der Waals surface area contributed by atoms with Gasteiger partial charge in [-0.25, -0.2) is 0 Å². The van der Waals surface area contributed by atoms with Crippen LogP contribution in [0.25, 0.3) is 0 Å². The summed E-state index contributed by atoms with van der Waals surface area (Å²) in [6.45, 7) is 9.38. The van der Waals surface area contributed by atoms with E-state index in [0.29, 0.717) is 25.5 Å². The summed E-state index contributed by atoms with van der Waals surface area (Å²) in [7, 11) is 0. The van der Waals surface area contributed by atoms with Gasteiger partial charge in [0.05, 0.1) is 17.7 Å². The maximum Gasteiger partial charge on any atom is 0.228 e. The first-order valence-corrected chi connectivity index (χ1v) is 9.51. The number of piperidine rings is 1. The van der Waals surface area contributed by atoms with Crippen LogP contribution in [0.3, 0.4) is 0 Å². The number of hydrogen-bond acceptors (Lipinski definition) is 5. The Hall–Kier alpha value is -1.40. The highest BCUT2D eigenvalue weighted by Crippen LogP contribution is 2.33. The van der Waals surface area contributed by atoms with Gasteiger partial charge < -0.3 is 19.9 Å². The van der Waals surface area contributed by atoms with Crippen LogP contribution in [0.5, 0.6) is 0 Å². The predicted octanol–water partition coefficient (Wildman–Crippen LogP) is 2.40. The lowest BCUT2D eigenvalue weighted by molar-refractivity contribution is -0.134. The van der Waals surface area contributed by atoms with E-state index in [0.717, 1.165) is 50.3 Å². The Morgan fingerprint density at radius 2 is 2.36 bits per heavy atom. The van der Waals surface area contributed by atoms with Crippen molar-refractivity contribution in [3.05, 3.63) is 17.5 Å². The molecule has 0 aromatic carbocycles. The Balaban J connectivity index is 1.75. The monoisotopic (exact) mass is 349 g/mol. The van der Waals surface area contributed by atoms with Gasteiger partial charge in [-0.05, 0) is 46.1 Å². The minimum Gasteiger partial charge on any atom is -0.381 e. The number of rotatable bonds is 6. The lowest BCUT2D eigenvalue weighted by Gasteiger charge is -2.38. The topological polar surface area (TPSA) is 76.4 Å². The fraction of sp³-hybridized carbons (Fsp3) is 0.789. The highest BCUT2D eigenvalue weighted by atomic mass is 16.5. The van der Waals surface area contributed by atoms with Crippen molar-refractivity contribution in [2.45, 2.75) is 64.3 Å². The van der Waals surface area contributed by atoms with Crippen molar-refractivity contribution in [3.63, 3.8) is 0 Å². The van der Waals surface area contributed by atoms with Gasteiger partial charge in [-0.15, -0.1) is 0 Å². The highest BCUT2D eigenvalue weighted by molar-refractivity contribution is 5.84. The smallest absolute Gasteiger partial charge is 0.228 e. The number of ether oxygens (including phenoxy) is 1. The first-order valence-electron chi connectivity index (χ1n) is 9.51. The van der Waals surface area contributed by atoms with Gasteiger partial charge in [-0.1, -0.05) is 12.1 Å². The first-order chi connectivity index (χ1) is 11.9. The normalized spacial score (nSPS) is 27.4. The van der Waals surface area contributed by atoms with Crippen molar-refractivity contribution in [2.75, 3.05) is 26.3 Å². The Labute approximate surface area is 150 Å². The molecule has 2 aliphatic rings. The molecule has 0 aliphatic carbocycles. The largest absolute Gasteiger partial charge is 0.381 e. The molecule has 0 saturated carbocycles. The number of carbonyl (C=O) groups is 1. The number of nitrogens with zero attached hydrogens (tertiary/aromatic N) is 1. The molecule has 1 aromatic rings. The SMILES string of the molecule is CCC(C)(C)NC(=O)[C@@]1(Cc2cc([C@@H]3CCOC3)no2)CCCNC1. The number of amides is 1. The summed E-state index contributed by atoms with van der Waals surface area (Å²) in [4.78, 5) is 13.1. The van der Waals surface area contributed by atoms with Crippen LogP contribution in [0.4, 0.5) is 0 Å². The molecule has 1 amide bonds. The minimum atomic E-state index is -0.465. The van der Waals surface area contributed by atoms with E-state index in [9.17, 15) is 4.79 Å². The first kappa shape index (κ1) is 18.4. The third-order valence-corrected chi connectivity index (χ3v) is 5.73. The van der Waals surface area contributed by atoms with Gasteiger partial charge in [0.25, 0.3) is 0 Å². The molecule has 3 heterocycles. The van der Waals surface area contributed by atoms with Gasteiger partial charge in [-0.2, -0.15) is 0 Å². The van der Waals surface area contributed by atoms with Gasteiger partial charge in [0.2, 0.25) is 5.91 Å². The zero-order valence-electron chi connectivity index (χ0n) is 15.7. The Morgan fingerprint density at radius 3 is 3.00 bits per heavy atom. The second-order valence-corrected chi connectivity index (χ2v) is 8.21. The van der Waals surface area contributed by atoms with E-state index in [1.807, 2.05) is 6.07 Å². The van der Waals surface area contributed by atoms with Gasteiger partial charge in [0.1, 0.15) is 5.76 Å². The van der Waals surface area contributed by atoms with Crippen molar-refractivity contribution in [1.82, 2.24) is 15.8 Å². The fourth-order valence-corrected chi connectivity index (χ4v) is 3.63. The minimum absolute atomic E-state index is 0.119. The number of hydrogen-bond donors (Lipinski definition) is 2. The summed E-state index contributed by atoms with van der Waals surface area (Å²) >= 11 is 0. The Bertz CT molecular complexity index is 584. The lowest BCUT2D eigenvalue weighted by Crippen LogP contribution is -2.56. The Kier molecular flexibility index (Phi) is 5.49. The molecule has 2 N–H and O–H groups in total. The molecule has 3 rings (SSSR count). The zero-order valence-corrected chi connectivity index (χ0v) is 15.7. The molecule has 25 heavy (non-hydrogen) atoms. The van der Waals surface area contributed by atoms with Crippen molar-refractivity contribution in [1.29, 1.82) is 0 Å². The zero-order chi connectivity index (χ0) is 17.9. The van der Waals surface area contributed by atoms with Crippen LogP contribution in [0.1, 0.15) is 63.8 Å². The van der Waals surface area contributed by atoms with Crippen LogP contribution in [-0.2, 0) is 16.0 Å². The molecule has 0 bridgehead atoms. The van der Waals surface area contributed by atoms with Crippen LogP contribution in [0.2, 0.25) is 0 Å². The van der Waals surface area contributed by atoms with E-state index in [2.05, 4.69) is 36.6 Å². The second kappa shape index (κ2) is 7.46. The molecule has 140 valence electrons. The van der Waals surface area contributed by atoms with Crippen LogP contribution >= 0.6 is 0 Å². The van der Waals surface area contributed by atoms with Crippen molar-refractivity contribution >= 4 is 5.91 Å². The summed E-state index contributed by atoms with van der Waals surface area (Å²) in [6, 6.07) is 2.02. The van der Waals surface area contributed by atoms with E-state index in [1.165, 1.54) is 0 Å². The number of carbonyl (C=O) groups excluding carboxylic acids is 1. The van der Waals surface area contributed by atoms with Gasteiger partial charge in [0, 0.05) is 37.1 Å². The average Bonchev–Trinajstić information content (AvgIpc) is 3.26. The standard InChI is InChI=1S/C19H31N3O3/c1-4-18(2,3)21-17(23)19(7-5-8-20-13-19)11-15-10-16(22-25-15)14-6-9-24-12-14/h10,14,20H,4-9,11-13H2,1-3H3,(H,21,23)/t14-,19-/m1/s1. The molecule has 0 spiro atoms. The second-order valence-electron chi connectivity index (χ2n) is 8.21. The van der Waals surface area contributed by atoms with Crippen LogP contribution < -0.4 is 10.6 Å². The van der Waals surface area contributed by atoms with Gasteiger partial charge >= 0.3 is 0 Å². The molecular weight excluding hydrogens is 318 g/mol. The summed E-state index contributed by atoms with van der Waals surface area (Å²) < 4.78 is 11.0. The molecule has 2 fully saturated rings. The molecular formula is C19H31N3O3. The summed E-state index contributed by atoms with van der Waals surface area (Å²) in [5, 5.41) is 10.9. The van der Waals surface area contributed by atoms with Crippen LogP contribution in [-0.4, -0.2) is 42.9 Å². The molecule has 0 radical (unpaired) electrons. The fourth-order valence-electron chi connectivity index (χ4n) is 3.63. The summed E-state index contributed by atoms with van der Waals surface area (Å²) in [6.07, 6.45) is 4.35. The van der Waals surface area contributed by atoms with Crippen molar-refractivity contribution in [2.24, 2.45) is 5.41 Å². The third-order valence-electron chi connectivity index (χ3n) is 5.73. The molecule has 6 heteroatoms. The molecule has 2 atom stereocenters. The molecule has 2 saturated heterocycles. The third kappa shape index (κ3) is 4.23. The maximum absolute atomic E-state index is 13.1. The van der Waals surface area contributed by atoms with Gasteiger partial charge in [-0.3, -0.25) is 4.79 Å².